The smallest absolute Gasteiger partial charge is 0.0553 e. The molecule has 2 atom stereocenters. The molecular formula is C10H22O. The molecule has 0 aliphatic rings. The van der Waals surface area contributed by atoms with E-state index < -0.39 is 0 Å². The molecule has 1 nitrogen and oxygen atoms in total. The number of ether oxygens (including phenoxy) is 1. The van der Waals surface area contributed by atoms with Gasteiger partial charge in [-0.3, -0.25) is 0 Å². The van der Waals surface area contributed by atoms with E-state index in [0.29, 0.717) is 12.2 Å². The Morgan fingerprint density at radius 1 is 1.00 bits per heavy atom. The first-order valence-electron chi connectivity index (χ1n) is 4.71. The lowest BCUT2D eigenvalue weighted by atomic mass is 10.1. The summed E-state index contributed by atoms with van der Waals surface area (Å²) in [4.78, 5) is 0. The lowest BCUT2D eigenvalue weighted by Crippen LogP contribution is -2.17. The van der Waals surface area contributed by atoms with Crippen LogP contribution in [0, 0.1) is 5.92 Å². The monoisotopic (exact) mass is 158 g/mol. The van der Waals surface area contributed by atoms with Crippen LogP contribution < -0.4 is 0 Å². The van der Waals surface area contributed by atoms with Crippen molar-refractivity contribution in [3.05, 3.63) is 0 Å². The average Bonchev–Trinajstić information content (AvgIpc) is 1.85. The van der Waals surface area contributed by atoms with Crippen LogP contribution in [0.1, 0.15) is 47.5 Å². The molecule has 0 aliphatic heterocycles. The summed E-state index contributed by atoms with van der Waals surface area (Å²) < 4.78 is 5.71. The van der Waals surface area contributed by atoms with Crippen molar-refractivity contribution in [1.29, 1.82) is 0 Å². The van der Waals surface area contributed by atoms with Gasteiger partial charge in [0.25, 0.3) is 0 Å². The Morgan fingerprint density at radius 2 is 1.55 bits per heavy atom. The highest BCUT2D eigenvalue weighted by molar-refractivity contribution is 4.56. The molecule has 0 aromatic heterocycles. The maximum absolute atomic E-state index is 5.71. The predicted octanol–water partition coefficient (Wildman–Crippen LogP) is 3.24. The van der Waals surface area contributed by atoms with E-state index >= 15 is 0 Å². The number of hydrogen-bond donors (Lipinski definition) is 0. The van der Waals surface area contributed by atoms with Crippen molar-refractivity contribution >= 4 is 0 Å². The van der Waals surface area contributed by atoms with Crippen LogP contribution in [0.25, 0.3) is 0 Å². The normalized spacial score (nSPS) is 16.9. The standard InChI is InChI=1S/C10H22O/c1-6-9(4)11-10(5)7-8(2)3/h8-10H,6-7H2,1-5H3/t9-,10+/m1/s1. The van der Waals surface area contributed by atoms with Crippen LogP contribution in [-0.4, -0.2) is 12.2 Å². The van der Waals surface area contributed by atoms with Crippen LogP contribution in [0.5, 0.6) is 0 Å². The summed E-state index contributed by atoms with van der Waals surface area (Å²) in [7, 11) is 0. The summed E-state index contributed by atoms with van der Waals surface area (Å²) >= 11 is 0. The summed E-state index contributed by atoms with van der Waals surface area (Å²) in [6.45, 7) is 10.9. The lowest BCUT2D eigenvalue weighted by molar-refractivity contribution is -0.00337. The summed E-state index contributed by atoms with van der Waals surface area (Å²) in [6, 6.07) is 0. The second kappa shape index (κ2) is 5.59. The van der Waals surface area contributed by atoms with Crippen molar-refractivity contribution in [2.45, 2.75) is 59.7 Å². The summed E-state index contributed by atoms with van der Waals surface area (Å²) in [6.07, 6.45) is 3.13. The highest BCUT2D eigenvalue weighted by atomic mass is 16.5. The third-order valence-corrected chi connectivity index (χ3v) is 1.84. The van der Waals surface area contributed by atoms with Gasteiger partial charge in [-0.15, -0.1) is 0 Å². The van der Waals surface area contributed by atoms with Gasteiger partial charge in [0.1, 0.15) is 0 Å². The van der Waals surface area contributed by atoms with Crippen LogP contribution in [0.2, 0.25) is 0 Å². The lowest BCUT2D eigenvalue weighted by Gasteiger charge is -2.19. The fourth-order valence-corrected chi connectivity index (χ4v) is 1.21. The minimum absolute atomic E-state index is 0.420. The molecule has 1 heteroatoms. The third kappa shape index (κ3) is 6.36. The van der Waals surface area contributed by atoms with Gasteiger partial charge in [0, 0.05) is 0 Å². The van der Waals surface area contributed by atoms with Gasteiger partial charge in [-0.1, -0.05) is 20.8 Å². The molecule has 0 N–H and O–H groups in total. The van der Waals surface area contributed by atoms with E-state index in [-0.39, 0.29) is 0 Å². The van der Waals surface area contributed by atoms with E-state index in [1.54, 1.807) is 0 Å². The van der Waals surface area contributed by atoms with Gasteiger partial charge in [0.15, 0.2) is 0 Å². The van der Waals surface area contributed by atoms with Crippen LogP contribution in [0.4, 0.5) is 0 Å². The molecule has 0 radical (unpaired) electrons. The Balaban J connectivity index is 3.43. The molecule has 0 saturated carbocycles. The van der Waals surface area contributed by atoms with Gasteiger partial charge in [0.2, 0.25) is 0 Å². The van der Waals surface area contributed by atoms with Gasteiger partial charge in [-0.25, -0.2) is 0 Å². The fourth-order valence-electron chi connectivity index (χ4n) is 1.21. The largest absolute Gasteiger partial charge is 0.376 e. The molecule has 0 saturated heterocycles. The zero-order valence-electron chi connectivity index (χ0n) is 8.55. The van der Waals surface area contributed by atoms with E-state index in [0.717, 1.165) is 12.3 Å². The Bertz CT molecular complexity index is 88.9. The molecule has 0 aromatic carbocycles. The second-order valence-corrected chi connectivity index (χ2v) is 3.80. The van der Waals surface area contributed by atoms with Crippen LogP contribution in [-0.2, 0) is 4.74 Å². The van der Waals surface area contributed by atoms with E-state index in [4.69, 9.17) is 4.74 Å². The molecule has 0 heterocycles. The van der Waals surface area contributed by atoms with Crippen molar-refractivity contribution in [3.63, 3.8) is 0 Å². The first-order chi connectivity index (χ1) is 5.06. The topological polar surface area (TPSA) is 9.23 Å². The minimum Gasteiger partial charge on any atom is -0.376 e. The zero-order valence-corrected chi connectivity index (χ0v) is 8.55. The molecule has 0 rings (SSSR count). The van der Waals surface area contributed by atoms with Gasteiger partial charge in [-0.05, 0) is 32.6 Å². The van der Waals surface area contributed by atoms with Crippen molar-refractivity contribution in [3.8, 4) is 0 Å². The Morgan fingerprint density at radius 3 is 1.91 bits per heavy atom. The number of hydrogen-bond acceptors (Lipinski definition) is 1. The van der Waals surface area contributed by atoms with Gasteiger partial charge in [0.05, 0.1) is 12.2 Å². The maximum Gasteiger partial charge on any atom is 0.0553 e. The third-order valence-electron chi connectivity index (χ3n) is 1.84. The van der Waals surface area contributed by atoms with E-state index in [1.807, 2.05) is 0 Å². The first kappa shape index (κ1) is 11.0. The molecule has 0 aromatic rings. The van der Waals surface area contributed by atoms with Crippen molar-refractivity contribution in [2.24, 2.45) is 5.92 Å². The molecule has 11 heavy (non-hydrogen) atoms. The Labute approximate surface area is 71.1 Å². The van der Waals surface area contributed by atoms with Crippen molar-refractivity contribution in [2.75, 3.05) is 0 Å². The maximum atomic E-state index is 5.71. The van der Waals surface area contributed by atoms with Crippen LogP contribution in [0.15, 0.2) is 0 Å². The average molecular weight is 158 g/mol. The van der Waals surface area contributed by atoms with Gasteiger partial charge in [-0.2, -0.15) is 0 Å². The minimum atomic E-state index is 0.420. The van der Waals surface area contributed by atoms with E-state index in [9.17, 15) is 0 Å². The van der Waals surface area contributed by atoms with E-state index in [2.05, 4.69) is 34.6 Å². The molecule has 0 unspecified atom stereocenters. The molecular weight excluding hydrogens is 136 g/mol. The first-order valence-corrected chi connectivity index (χ1v) is 4.71. The second-order valence-electron chi connectivity index (χ2n) is 3.80. The molecule has 0 bridgehead atoms. The SMILES string of the molecule is CC[C@@H](C)O[C@@H](C)CC(C)C. The van der Waals surface area contributed by atoms with E-state index in [1.165, 1.54) is 6.42 Å². The summed E-state index contributed by atoms with van der Waals surface area (Å²) in [5.41, 5.74) is 0. The molecule has 0 spiro atoms. The molecule has 0 amide bonds. The highest BCUT2D eigenvalue weighted by Gasteiger charge is 2.07. The predicted molar refractivity (Wildman–Crippen MR) is 49.8 cm³/mol. The Hall–Kier alpha value is -0.0400. The molecule has 0 fully saturated rings. The molecule has 68 valence electrons. The van der Waals surface area contributed by atoms with Crippen LogP contribution >= 0.6 is 0 Å². The fraction of sp³-hybridized carbons (Fsp3) is 1.00. The summed E-state index contributed by atoms with van der Waals surface area (Å²) in [5.74, 6) is 0.744. The highest BCUT2D eigenvalue weighted by Crippen LogP contribution is 2.10. The Kier molecular flexibility index (Phi) is 5.57. The van der Waals surface area contributed by atoms with Gasteiger partial charge >= 0.3 is 0 Å². The van der Waals surface area contributed by atoms with Gasteiger partial charge < -0.3 is 4.74 Å². The zero-order chi connectivity index (χ0) is 8.85. The molecule has 0 aliphatic carbocycles. The quantitative estimate of drug-likeness (QED) is 0.597. The van der Waals surface area contributed by atoms with Crippen LogP contribution in [0.3, 0.4) is 0 Å². The summed E-state index contributed by atoms with van der Waals surface area (Å²) in [5, 5.41) is 0. The van der Waals surface area contributed by atoms with Crippen molar-refractivity contribution in [1.82, 2.24) is 0 Å². The van der Waals surface area contributed by atoms with Crippen molar-refractivity contribution < 1.29 is 4.74 Å². The number of rotatable bonds is 5.